The van der Waals surface area contributed by atoms with Gasteiger partial charge in [0.15, 0.2) is 0 Å². The SMILES string of the molecule is COc1ccc(C(C=O)Cc2ccc(F)cc2)cc1. The summed E-state index contributed by atoms with van der Waals surface area (Å²) >= 11 is 0. The lowest BCUT2D eigenvalue weighted by molar-refractivity contribution is -0.109. The maximum atomic E-state index is 12.8. The molecule has 0 radical (unpaired) electrons. The number of ether oxygens (including phenoxy) is 1. The quantitative estimate of drug-likeness (QED) is 0.769. The van der Waals surface area contributed by atoms with Crippen molar-refractivity contribution in [3.63, 3.8) is 0 Å². The Morgan fingerprint density at radius 1 is 1.11 bits per heavy atom. The molecule has 0 saturated carbocycles. The highest BCUT2D eigenvalue weighted by molar-refractivity contribution is 5.63. The third-order valence-corrected chi connectivity index (χ3v) is 3.08. The van der Waals surface area contributed by atoms with Crippen LogP contribution in [0, 0.1) is 5.82 Å². The van der Waals surface area contributed by atoms with Crippen LogP contribution in [0.5, 0.6) is 5.75 Å². The minimum atomic E-state index is -0.268. The molecule has 0 aliphatic carbocycles. The van der Waals surface area contributed by atoms with Gasteiger partial charge in [-0.05, 0) is 41.8 Å². The topological polar surface area (TPSA) is 26.3 Å². The molecule has 0 spiro atoms. The van der Waals surface area contributed by atoms with Gasteiger partial charge >= 0.3 is 0 Å². The second-order valence-corrected chi connectivity index (χ2v) is 4.35. The fourth-order valence-electron chi connectivity index (χ4n) is 1.97. The van der Waals surface area contributed by atoms with E-state index in [9.17, 15) is 9.18 Å². The van der Waals surface area contributed by atoms with E-state index in [1.807, 2.05) is 24.3 Å². The first-order valence-electron chi connectivity index (χ1n) is 6.06. The van der Waals surface area contributed by atoms with Crippen molar-refractivity contribution in [3.05, 3.63) is 65.5 Å². The van der Waals surface area contributed by atoms with Crippen LogP contribution >= 0.6 is 0 Å². The Hall–Kier alpha value is -2.16. The molecule has 1 atom stereocenters. The van der Waals surface area contributed by atoms with Crippen molar-refractivity contribution >= 4 is 6.29 Å². The Morgan fingerprint density at radius 3 is 2.26 bits per heavy atom. The van der Waals surface area contributed by atoms with E-state index in [4.69, 9.17) is 4.74 Å². The fraction of sp³-hybridized carbons (Fsp3) is 0.188. The van der Waals surface area contributed by atoms with Crippen LogP contribution in [-0.2, 0) is 11.2 Å². The molecule has 2 aromatic carbocycles. The van der Waals surface area contributed by atoms with Crippen molar-refractivity contribution in [2.24, 2.45) is 0 Å². The first kappa shape index (κ1) is 13.3. The number of carbonyl (C=O) groups is 1. The number of hydrogen-bond donors (Lipinski definition) is 0. The first-order chi connectivity index (χ1) is 9.22. The van der Waals surface area contributed by atoms with E-state index >= 15 is 0 Å². The van der Waals surface area contributed by atoms with Crippen molar-refractivity contribution in [2.75, 3.05) is 7.11 Å². The lowest BCUT2D eigenvalue weighted by atomic mass is 9.93. The van der Waals surface area contributed by atoms with Crippen LogP contribution in [0.3, 0.4) is 0 Å². The molecule has 0 aliphatic heterocycles. The van der Waals surface area contributed by atoms with Crippen molar-refractivity contribution in [1.82, 2.24) is 0 Å². The second kappa shape index (κ2) is 6.14. The summed E-state index contributed by atoms with van der Waals surface area (Å²) in [6.07, 6.45) is 1.49. The van der Waals surface area contributed by atoms with Crippen LogP contribution in [0.1, 0.15) is 17.0 Å². The monoisotopic (exact) mass is 258 g/mol. The van der Waals surface area contributed by atoms with Crippen molar-refractivity contribution < 1.29 is 13.9 Å². The molecule has 0 aliphatic rings. The molecule has 19 heavy (non-hydrogen) atoms. The van der Waals surface area contributed by atoms with Gasteiger partial charge in [0, 0.05) is 5.92 Å². The third-order valence-electron chi connectivity index (χ3n) is 3.08. The van der Waals surface area contributed by atoms with E-state index in [1.54, 1.807) is 19.2 Å². The number of benzene rings is 2. The normalized spacial score (nSPS) is 11.9. The summed E-state index contributed by atoms with van der Waals surface area (Å²) in [5.74, 6) is 0.266. The lowest BCUT2D eigenvalue weighted by Gasteiger charge is -2.11. The maximum absolute atomic E-state index is 12.8. The molecule has 0 aromatic heterocycles. The second-order valence-electron chi connectivity index (χ2n) is 4.35. The predicted octanol–water partition coefficient (Wildman–Crippen LogP) is 3.36. The number of carbonyl (C=O) groups excluding carboxylic acids is 1. The Bertz CT molecular complexity index is 532. The van der Waals surface area contributed by atoms with Crippen LogP contribution in [-0.4, -0.2) is 13.4 Å². The number of aldehydes is 1. The molecule has 3 heteroatoms. The zero-order valence-corrected chi connectivity index (χ0v) is 10.7. The van der Waals surface area contributed by atoms with Crippen molar-refractivity contribution in [3.8, 4) is 5.75 Å². The van der Waals surface area contributed by atoms with Gasteiger partial charge in [-0.25, -0.2) is 4.39 Å². The van der Waals surface area contributed by atoms with Gasteiger partial charge < -0.3 is 9.53 Å². The Balaban J connectivity index is 2.14. The van der Waals surface area contributed by atoms with E-state index < -0.39 is 0 Å². The van der Waals surface area contributed by atoms with Crippen LogP contribution < -0.4 is 4.74 Å². The van der Waals surface area contributed by atoms with Crippen LogP contribution in [0.15, 0.2) is 48.5 Å². The summed E-state index contributed by atoms with van der Waals surface area (Å²) in [5.41, 5.74) is 1.87. The van der Waals surface area contributed by atoms with Gasteiger partial charge in [0.1, 0.15) is 17.9 Å². The summed E-state index contributed by atoms with van der Waals surface area (Å²) in [6.45, 7) is 0. The van der Waals surface area contributed by atoms with Crippen LogP contribution in [0.25, 0.3) is 0 Å². The van der Waals surface area contributed by atoms with E-state index in [0.717, 1.165) is 23.2 Å². The van der Waals surface area contributed by atoms with Gasteiger partial charge in [0.2, 0.25) is 0 Å². The van der Waals surface area contributed by atoms with E-state index in [1.165, 1.54) is 12.1 Å². The van der Waals surface area contributed by atoms with Crippen molar-refractivity contribution in [2.45, 2.75) is 12.3 Å². The van der Waals surface area contributed by atoms with Gasteiger partial charge in [-0.2, -0.15) is 0 Å². The largest absolute Gasteiger partial charge is 0.497 e. The lowest BCUT2D eigenvalue weighted by Crippen LogP contribution is -2.04. The summed E-state index contributed by atoms with van der Waals surface area (Å²) in [4.78, 5) is 11.2. The summed E-state index contributed by atoms with van der Waals surface area (Å²) in [5, 5.41) is 0. The van der Waals surface area contributed by atoms with Crippen LogP contribution in [0.2, 0.25) is 0 Å². The Kier molecular flexibility index (Phi) is 4.29. The zero-order chi connectivity index (χ0) is 13.7. The molecule has 0 bridgehead atoms. The molecule has 2 nitrogen and oxygen atoms in total. The molecular weight excluding hydrogens is 243 g/mol. The zero-order valence-electron chi connectivity index (χ0n) is 10.7. The molecule has 0 fully saturated rings. The van der Waals surface area contributed by atoms with Crippen molar-refractivity contribution in [1.29, 1.82) is 0 Å². The third kappa shape index (κ3) is 3.41. The van der Waals surface area contributed by atoms with Gasteiger partial charge in [-0.1, -0.05) is 24.3 Å². The van der Waals surface area contributed by atoms with E-state index in [2.05, 4.69) is 0 Å². The minimum Gasteiger partial charge on any atom is -0.497 e. The number of methoxy groups -OCH3 is 1. The van der Waals surface area contributed by atoms with E-state index in [0.29, 0.717) is 6.42 Å². The Morgan fingerprint density at radius 2 is 1.74 bits per heavy atom. The van der Waals surface area contributed by atoms with Gasteiger partial charge in [0.25, 0.3) is 0 Å². The molecule has 0 amide bonds. The van der Waals surface area contributed by atoms with Gasteiger partial charge in [0.05, 0.1) is 7.11 Å². The van der Waals surface area contributed by atoms with Gasteiger partial charge in [-0.15, -0.1) is 0 Å². The Labute approximate surface area is 111 Å². The molecular formula is C16H15FO2. The first-order valence-corrected chi connectivity index (χ1v) is 6.06. The maximum Gasteiger partial charge on any atom is 0.127 e. The fourth-order valence-corrected chi connectivity index (χ4v) is 1.97. The standard InChI is InChI=1S/C16H15FO2/c1-19-16-8-4-13(5-9-16)14(11-18)10-12-2-6-15(17)7-3-12/h2-9,11,14H,10H2,1H3. The molecule has 0 heterocycles. The average molecular weight is 258 g/mol. The summed E-state index contributed by atoms with van der Waals surface area (Å²) in [7, 11) is 1.60. The number of hydrogen-bond acceptors (Lipinski definition) is 2. The highest BCUT2D eigenvalue weighted by Gasteiger charge is 2.11. The highest BCUT2D eigenvalue weighted by atomic mass is 19.1. The molecule has 1 unspecified atom stereocenters. The van der Waals surface area contributed by atoms with Crippen LogP contribution in [0.4, 0.5) is 4.39 Å². The highest BCUT2D eigenvalue weighted by Crippen LogP contribution is 2.21. The molecule has 0 saturated heterocycles. The predicted molar refractivity (Wildman–Crippen MR) is 71.9 cm³/mol. The molecule has 0 N–H and O–H groups in total. The smallest absolute Gasteiger partial charge is 0.127 e. The summed E-state index contributed by atoms with van der Waals surface area (Å²) in [6, 6.07) is 13.6. The van der Waals surface area contributed by atoms with Gasteiger partial charge in [-0.3, -0.25) is 0 Å². The number of halogens is 1. The molecule has 2 aromatic rings. The summed E-state index contributed by atoms with van der Waals surface area (Å²) < 4.78 is 17.9. The molecule has 98 valence electrons. The van der Waals surface area contributed by atoms with E-state index in [-0.39, 0.29) is 11.7 Å². The molecule has 2 rings (SSSR count). The minimum absolute atomic E-state index is 0.226. The number of rotatable bonds is 5. The average Bonchev–Trinajstić information content (AvgIpc) is 2.47.